The molecule has 1 saturated carbocycles. The Morgan fingerprint density at radius 2 is 1.19 bits per heavy atom. The first-order valence-electron chi connectivity index (χ1n) is 8.41. The van der Waals surface area contributed by atoms with Crippen LogP contribution in [0.5, 0.6) is 0 Å². The van der Waals surface area contributed by atoms with Crippen LogP contribution in [0, 0.1) is 0 Å². The molecule has 1 unspecified atom stereocenters. The van der Waals surface area contributed by atoms with Crippen LogP contribution in [0.3, 0.4) is 0 Å². The molecule has 2 aliphatic carbocycles. The van der Waals surface area contributed by atoms with E-state index in [0.29, 0.717) is 24.9 Å². The van der Waals surface area contributed by atoms with Crippen LogP contribution in [-0.4, -0.2) is 34.5 Å². The summed E-state index contributed by atoms with van der Waals surface area (Å²) in [5.74, 6) is 0. The van der Waals surface area contributed by atoms with Gasteiger partial charge in [-0.2, -0.15) is 0 Å². The third-order valence-electron chi connectivity index (χ3n) is 5.18. The number of hydrogen-bond donors (Lipinski definition) is 3. The molecule has 3 heteroatoms. The summed E-state index contributed by atoms with van der Waals surface area (Å²) in [7, 11) is 0. The molecule has 3 nitrogen and oxygen atoms in total. The van der Waals surface area contributed by atoms with E-state index in [1.807, 2.05) is 0 Å². The molecule has 3 N–H and O–H groups in total. The van der Waals surface area contributed by atoms with Gasteiger partial charge in [0.15, 0.2) is 0 Å². The molecule has 1 aromatic rings. The summed E-state index contributed by atoms with van der Waals surface area (Å²) < 4.78 is 0. The van der Waals surface area contributed by atoms with Crippen LogP contribution in [-0.2, 0) is 12.8 Å². The van der Waals surface area contributed by atoms with Crippen LogP contribution in [0.25, 0.3) is 0 Å². The van der Waals surface area contributed by atoms with E-state index in [4.69, 9.17) is 0 Å². The summed E-state index contributed by atoms with van der Waals surface area (Å²) in [5.41, 5.74) is 3.02. The van der Waals surface area contributed by atoms with Gasteiger partial charge in [0.2, 0.25) is 0 Å². The van der Waals surface area contributed by atoms with Crippen molar-refractivity contribution in [1.82, 2.24) is 5.32 Å². The van der Waals surface area contributed by atoms with Gasteiger partial charge in [0.25, 0.3) is 0 Å². The standard InChI is InChI=1S/C18H27NO2/c20-17-11-9-16(10-12-18(17)21)19-15-7-5-13-3-1-2-4-14(13)6-8-15/h1-4,15-21H,5-12H2/t16?,17-,18+. The molecule has 116 valence electrons. The Kier molecular flexibility index (Phi) is 4.94. The van der Waals surface area contributed by atoms with Crippen LogP contribution >= 0.6 is 0 Å². The van der Waals surface area contributed by atoms with Gasteiger partial charge in [-0.15, -0.1) is 0 Å². The third kappa shape index (κ3) is 3.85. The number of nitrogens with one attached hydrogen (secondary N) is 1. The molecule has 0 radical (unpaired) electrons. The Hall–Kier alpha value is -0.900. The zero-order valence-electron chi connectivity index (χ0n) is 12.7. The van der Waals surface area contributed by atoms with Gasteiger partial charge < -0.3 is 15.5 Å². The highest BCUT2D eigenvalue weighted by Crippen LogP contribution is 2.23. The number of aliphatic hydroxyl groups excluding tert-OH is 2. The summed E-state index contributed by atoms with van der Waals surface area (Å²) in [6.45, 7) is 0. The Balaban J connectivity index is 1.55. The van der Waals surface area contributed by atoms with Crippen molar-refractivity contribution in [3.63, 3.8) is 0 Å². The van der Waals surface area contributed by atoms with E-state index in [9.17, 15) is 10.2 Å². The normalized spacial score (nSPS) is 31.2. The molecule has 0 aromatic heterocycles. The first-order chi connectivity index (χ1) is 10.2. The number of hydrogen-bond acceptors (Lipinski definition) is 3. The molecule has 0 amide bonds. The maximum atomic E-state index is 9.77. The van der Waals surface area contributed by atoms with Gasteiger partial charge in [-0.1, -0.05) is 24.3 Å². The molecule has 0 heterocycles. The van der Waals surface area contributed by atoms with Crippen LogP contribution in [0.4, 0.5) is 0 Å². The van der Waals surface area contributed by atoms with Crippen LogP contribution in [0.2, 0.25) is 0 Å². The van der Waals surface area contributed by atoms with E-state index in [0.717, 1.165) is 25.7 Å². The average molecular weight is 289 g/mol. The summed E-state index contributed by atoms with van der Waals surface area (Å²) in [4.78, 5) is 0. The van der Waals surface area contributed by atoms with E-state index in [1.54, 1.807) is 0 Å². The molecule has 0 bridgehead atoms. The lowest BCUT2D eigenvalue weighted by Gasteiger charge is -2.24. The Bertz CT molecular complexity index is 423. The number of aryl methyl sites for hydroxylation is 2. The van der Waals surface area contributed by atoms with Gasteiger partial charge in [0.1, 0.15) is 0 Å². The molecule has 3 atom stereocenters. The molecule has 1 fully saturated rings. The highest BCUT2D eigenvalue weighted by molar-refractivity contribution is 5.28. The first kappa shape index (κ1) is 15.0. The number of fused-ring (bicyclic) bond motifs is 1. The second-order valence-electron chi connectivity index (χ2n) is 6.70. The zero-order chi connectivity index (χ0) is 14.7. The van der Waals surface area contributed by atoms with Gasteiger partial charge in [0, 0.05) is 12.1 Å². The quantitative estimate of drug-likeness (QED) is 0.578. The fourth-order valence-corrected chi connectivity index (χ4v) is 3.79. The maximum Gasteiger partial charge on any atom is 0.0799 e. The van der Waals surface area contributed by atoms with Crippen molar-refractivity contribution in [2.75, 3.05) is 0 Å². The molecular formula is C18H27NO2. The Morgan fingerprint density at radius 3 is 1.71 bits per heavy atom. The lowest BCUT2D eigenvalue weighted by molar-refractivity contribution is 0.0157. The highest BCUT2D eigenvalue weighted by atomic mass is 16.3. The fourth-order valence-electron chi connectivity index (χ4n) is 3.79. The molecular weight excluding hydrogens is 262 g/mol. The second-order valence-corrected chi connectivity index (χ2v) is 6.70. The van der Waals surface area contributed by atoms with Crippen molar-refractivity contribution in [1.29, 1.82) is 0 Å². The van der Waals surface area contributed by atoms with E-state index in [2.05, 4.69) is 29.6 Å². The lowest BCUT2D eigenvalue weighted by Crippen LogP contribution is -2.38. The molecule has 21 heavy (non-hydrogen) atoms. The van der Waals surface area contributed by atoms with E-state index < -0.39 is 12.2 Å². The zero-order valence-corrected chi connectivity index (χ0v) is 12.7. The highest BCUT2D eigenvalue weighted by Gasteiger charge is 2.26. The largest absolute Gasteiger partial charge is 0.390 e. The monoisotopic (exact) mass is 289 g/mol. The molecule has 3 rings (SSSR count). The summed E-state index contributed by atoms with van der Waals surface area (Å²) in [6, 6.07) is 9.81. The summed E-state index contributed by atoms with van der Waals surface area (Å²) >= 11 is 0. The summed E-state index contributed by atoms with van der Waals surface area (Å²) in [6.07, 6.45) is 7.01. The summed E-state index contributed by atoms with van der Waals surface area (Å²) in [5, 5.41) is 23.3. The van der Waals surface area contributed by atoms with Crippen LogP contribution < -0.4 is 5.32 Å². The number of benzene rings is 1. The topological polar surface area (TPSA) is 52.5 Å². The van der Waals surface area contributed by atoms with Gasteiger partial charge in [-0.3, -0.25) is 0 Å². The molecule has 1 aromatic carbocycles. The van der Waals surface area contributed by atoms with Gasteiger partial charge in [0.05, 0.1) is 12.2 Å². The van der Waals surface area contributed by atoms with Crippen molar-refractivity contribution in [2.45, 2.75) is 75.7 Å². The lowest BCUT2D eigenvalue weighted by atomic mass is 10.0. The van der Waals surface area contributed by atoms with Crippen LogP contribution in [0.15, 0.2) is 24.3 Å². The first-order valence-corrected chi connectivity index (χ1v) is 8.41. The molecule has 0 aliphatic heterocycles. The van der Waals surface area contributed by atoms with Crippen molar-refractivity contribution in [2.24, 2.45) is 0 Å². The van der Waals surface area contributed by atoms with Crippen molar-refractivity contribution < 1.29 is 10.2 Å². The third-order valence-corrected chi connectivity index (χ3v) is 5.18. The maximum absolute atomic E-state index is 9.77. The predicted molar refractivity (Wildman–Crippen MR) is 84.3 cm³/mol. The SMILES string of the molecule is O[C@@H]1CCC(NC2CCc3ccccc3CC2)CC[C@@H]1O. The minimum Gasteiger partial charge on any atom is -0.390 e. The van der Waals surface area contributed by atoms with Gasteiger partial charge >= 0.3 is 0 Å². The number of rotatable bonds is 2. The fraction of sp³-hybridized carbons (Fsp3) is 0.667. The van der Waals surface area contributed by atoms with Gasteiger partial charge in [-0.05, 0) is 62.5 Å². The number of aliphatic hydroxyl groups is 2. The molecule has 2 aliphatic rings. The van der Waals surface area contributed by atoms with Crippen molar-refractivity contribution in [3.8, 4) is 0 Å². The Labute approximate surface area is 127 Å². The predicted octanol–water partition coefficient (Wildman–Crippen LogP) is 2.19. The van der Waals surface area contributed by atoms with E-state index >= 15 is 0 Å². The molecule has 0 spiro atoms. The minimum atomic E-state index is -0.532. The van der Waals surface area contributed by atoms with E-state index in [1.165, 1.54) is 24.0 Å². The van der Waals surface area contributed by atoms with Crippen molar-refractivity contribution in [3.05, 3.63) is 35.4 Å². The Morgan fingerprint density at radius 1 is 0.714 bits per heavy atom. The van der Waals surface area contributed by atoms with Crippen LogP contribution in [0.1, 0.15) is 49.7 Å². The molecule has 0 saturated heterocycles. The minimum absolute atomic E-state index is 0.447. The van der Waals surface area contributed by atoms with E-state index in [-0.39, 0.29) is 0 Å². The van der Waals surface area contributed by atoms with Crippen molar-refractivity contribution >= 4 is 0 Å². The smallest absolute Gasteiger partial charge is 0.0799 e. The second kappa shape index (κ2) is 6.91. The van der Waals surface area contributed by atoms with Gasteiger partial charge in [-0.25, -0.2) is 0 Å². The average Bonchev–Trinajstić information content (AvgIpc) is 2.80.